The zero-order valence-electron chi connectivity index (χ0n) is 11.2. The summed E-state index contributed by atoms with van der Waals surface area (Å²) in [5, 5.41) is 0. The van der Waals surface area contributed by atoms with Gasteiger partial charge < -0.3 is 14.3 Å². The van der Waals surface area contributed by atoms with Gasteiger partial charge in [0, 0.05) is 6.61 Å². The number of hydrogen-bond acceptors (Lipinski definition) is 3. The maximum absolute atomic E-state index is 10.1. The second-order valence-electron chi connectivity index (χ2n) is 4.24. The van der Waals surface area contributed by atoms with Crippen molar-refractivity contribution < 1.29 is 14.3 Å². The van der Waals surface area contributed by atoms with Crippen LogP contribution in [0.25, 0.3) is 0 Å². The van der Waals surface area contributed by atoms with E-state index >= 15 is 0 Å². The summed E-state index contributed by atoms with van der Waals surface area (Å²) in [6.45, 7) is 2.59. The Kier molecular flexibility index (Phi) is 22.1. The average molecular weight is 336 g/mol. The molecule has 0 aliphatic rings. The summed E-state index contributed by atoms with van der Waals surface area (Å²) < 4.78 is 4.47. The topological polar surface area (TPSA) is 55.3 Å². The van der Waals surface area contributed by atoms with Crippen LogP contribution in [0.15, 0.2) is 0 Å². The predicted molar refractivity (Wildman–Crippen MR) is 70.5 cm³/mol. The van der Waals surface area contributed by atoms with Crippen molar-refractivity contribution in [3.63, 3.8) is 0 Å². The van der Waals surface area contributed by atoms with Gasteiger partial charge in [0.2, 0.25) is 0 Å². The summed E-state index contributed by atoms with van der Waals surface area (Å²) in [6, 6.07) is 0. The van der Waals surface area contributed by atoms with E-state index in [1.54, 1.807) is 0 Å². The Bertz CT molecular complexity index is 137. The summed E-state index contributed by atoms with van der Waals surface area (Å²) in [5.41, 5.74) is 0. The van der Waals surface area contributed by atoms with Crippen molar-refractivity contribution in [3.05, 3.63) is 0 Å². The molecule has 0 saturated carbocycles. The minimum absolute atomic E-state index is 0. The summed E-state index contributed by atoms with van der Waals surface area (Å²) in [7, 11) is -2.64. The van der Waals surface area contributed by atoms with Gasteiger partial charge in [0.05, 0.1) is 0 Å². The van der Waals surface area contributed by atoms with Crippen molar-refractivity contribution in [2.75, 3.05) is 6.61 Å². The summed E-state index contributed by atoms with van der Waals surface area (Å²) >= 11 is 0. The Morgan fingerprint density at radius 2 is 1.18 bits per heavy atom. The van der Waals surface area contributed by atoms with Crippen molar-refractivity contribution in [2.24, 2.45) is 0 Å². The van der Waals surface area contributed by atoms with Gasteiger partial charge in [0.1, 0.15) is 0 Å². The molecule has 17 heavy (non-hydrogen) atoms. The fourth-order valence-corrected chi connectivity index (χ4v) is 2.01. The third-order valence-corrected chi connectivity index (χ3v) is 3.09. The van der Waals surface area contributed by atoms with Crippen LogP contribution in [0.5, 0.6) is 0 Å². The van der Waals surface area contributed by atoms with Crippen LogP contribution in [0.2, 0.25) is 0 Å². The smallest absolute Gasteiger partial charge is 0.820 e. The van der Waals surface area contributed by atoms with Crippen molar-refractivity contribution in [1.29, 1.82) is 0 Å². The van der Waals surface area contributed by atoms with Gasteiger partial charge >= 0.3 is 45.5 Å². The molecule has 0 aliphatic carbocycles. The maximum Gasteiger partial charge on any atom is 2.00 e. The first-order valence-electron chi connectivity index (χ1n) is 6.54. The van der Waals surface area contributed by atoms with Crippen LogP contribution in [0.4, 0.5) is 0 Å². The predicted octanol–water partition coefficient (Wildman–Crippen LogP) is 2.49. The first kappa shape index (κ1) is 21.1. The molecular formula is C12H25O3PSr. The second kappa shape index (κ2) is 17.8. The zero-order chi connectivity index (χ0) is 12.1. The van der Waals surface area contributed by atoms with Gasteiger partial charge in [-0.15, -0.1) is 0 Å². The summed E-state index contributed by atoms with van der Waals surface area (Å²) in [5.74, 6) is 0. The zero-order valence-corrected chi connectivity index (χ0v) is 15.5. The quantitative estimate of drug-likeness (QED) is 0.313. The second-order valence-corrected chi connectivity index (χ2v) is 4.94. The molecule has 5 heteroatoms. The Balaban J connectivity index is 0. The van der Waals surface area contributed by atoms with Crippen LogP contribution in [0.3, 0.4) is 0 Å². The van der Waals surface area contributed by atoms with Crippen molar-refractivity contribution in [2.45, 2.75) is 71.1 Å². The third-order valence-electron chi connectivity index (χ3n) is 2.69. The molecule has 0 fully saturated rings. The minimum Gasteiger partial charge on any atom is -0.820 e. The van der Waals surface area contributed by atoms with E-state index in [-0.39, 0.29) is 45.5 Å². The van der Waals surface area contributed by atoms with E-state index in [0.29, 0.717) is 6.61 Å². The maximum atomic E-state index is 10.1. The number of hydrogen-bond donors (Lipinski definition) is 0. The van der Waals surface area contributed by atoms with Gasteiger partial charge in [-0.25, -0.2) is 0 Å². The summed E-state index contributed by atoms with van der Waals surface area (Å²) in [6.07, 6.45) is 12.5. The van der Waals surface area contributed by atoms with E-state index in [4.69, 9.17) is 0 Å². The van der Waals surface area contributed by atoms with E-state index in [2.05, 4.69) is 11.4 Å². The van der Waals surface area contributed by atoms with Crippen LogP contribution in [-0.2, 0) is 4.52 Å². The molecule has 98 valence electrons. The molecule has 0 rings (SSSR count). The van der Waals surface area contributed by atoms with E-state index in [0.717, 1.165) is 12.8 Å². The van der Waals surface area contributed by atoms with Gasteiger partial charge in [-0.1, -0.05) is 64.7 Å². The molecule has 0 aromatic rings. The monoisotopic (exact) mass is 336 g/mol. The van der Waals surface area contributed by atoms with E-state index in [1.807, 2.05) is 0 Å². The molecule has 3 nitrogen and oxygen atoms in total. The molecule has 0 amide bonds. The third kappa shape index (κ3) is 20.3. The Morgan fingerprint density at radius 3 is 1.59 bits per heavy atom. The first-order valence-corrected chi connectivity index (χ1v) is 7.64. The average Bonchev–Trinajstić information content (AvgIpc) is 2.25. The molecule has 0 bridgehead atoms. The molecule has 0 heterocycles. The molecule has 0 spiro atoms. The van der Waals surface area contributed by atoms with Gasteiger partial charge in [-0.05, 0) is 6.42 Å². The van der Waals surface area contributed by atoms with E-state index < -0.39 is 8.60 Å². The van der Waals surface area contributed by atoms with Crippen molar-refractivity contribution >= 4 is 54.1 Å². The molecule has 0 unspecified atom stereocenters. The molecule has 0 radical (unpaired) electrons. The van der Waals surface area contributed by atoms with Crippen LogP contribution < -0.4 is 9.79 Å². The largest absolute Gasteiger partial charge is 2.00 e. The molecule has 0 aromatic heterocycles. The Labute approximate surface area is 145 Å². The standard InChI is InChI=1S/C12H25O3P.Sr/c1-2-3-4-5-6-7-8-9-10-11-12-15-16(13)14;/h2-12H2,1H3;/q-2;+2. The van der Waals surface area contributed by atoms with E-state index in [1.165, 1.54) is 51.4 Å². The van der Waals surface area contributed by atoms with Crippen LogP contribution in [-0.4, -0.2) is 52.1 Å². The van der Waals surface area contributed by atoms with Crippen LogP contribution in [0, 0.1) is 0 Å². The Hall–Kier alpha value is 1.79. The fourth-order valence-electron chi connectivity index (χ4n) is 1.73. The molecular weight excluding hydrogens is 311 g/mol. The Morgan fingerprint density at radius 1 is 0.765 bits per heavy atom. The normalized spacial score (nSPS) is 10.6. The number of rotatable bonds is 12. The van der Waals surface area contributed by atoms with Gasteiger partial charge in [0.25, 0.3) is 0 Å². The molecule has 0 aromatic carbocycles. The number of unbranched alkanes of at least 4 members (excludes halogenated alkanes) is 9. The van der Waals surface area contributed by atoms with E-state index in [9.17, 15) is 9.79 Å². The van der Waals surface area contributed by atoms with Crippen molar-refractivity contribution in [1.82, 2.24) is 0 Å². The van der Waals surface area contributed by atoms with Crippen LogP contribution in [0.1, 0.15) is 71.1 Å². The van der Waals surface area contributed by atoms with Gasteiger partial charge in [-0.2, -0.15) is 8.60 Å². The SMILES string of the molecule is CCCCCCCCCCCCOP([O-])[O-].[Sr+2]. The van der Waals surface area contributed by atoms with Crippen LogP contribution >= 0.6 is 8.60 Å². The summed E-state index contributed by atoms with van der Waals surface area (Å²) in [4.78, 5) is 20.1. The first-order chi connectivity index (χ1) is 7.77. The minimum atomic E-state index is -2.64. The molecule has 0 atom stereocenters. The van der Waals surface area contributed by atoms with Crippen molar-refractivity contribution in [3.8, 4) is 0 Å². The molecule has 0 aliphatic heterocycles. The molecule has 0 saturated heterocycles. The van der Waals surface area contributed by atoms with Gasteiger partial charge in [-0.3, -0.25) is 0 Å². The van der Waals surface area contributed by atoms with Gasteiger partial charge in [0.15, 0.2) is 0 Å². The molecule has 0 N–H and O–H groups in total. The fraction of sp³-hybridized carbons (Fsp3) is 1.00.